The van der Waals surface area contributed by atoms with Gasteiger partial charge >= 0.3 is 5.97 Å². The minimum Gasteiger partial charge on any atom is -0.442 e. The van der Waals surface area contributed by atoms with Crippen molar-refractivity contribution in [2.75, 3.05) is 14.1 Å². The van der Waals surface area contributed by atoms with Crippen LogP contribution in [0.25, 0.3) is 0 Å². The number of unbranched alkanes of at least 4 members (excludes halogenated alkanes) is 28. The normalized spacial score (nSPS) is 11.6. The molecule has 5 nitrogen and oxygen atoms in total. The van der Waals surface area contributed by atoms with Gasteiger partial charge in [-0.2, -0.15) is 0 Å². The van der Waals surface area contributed by atoms with Crippen LogP contribution in [-0.4, -0.2) is 32.2 Å². The van der Waals surface area contributed by atoms with Gasteiger partial charge in [-0.25, -0.2) is 0 Å². The van der Waals surface area contributed by atoms with Crippen molar-refractivity contribution in [1.29, 1.82) is 0 Å². The van der Waals surface area contributed by atoms with E-state index in [-0.39, 0.29) is 11.9 Å². The van der Waals surface area contributed by atoms with E-state index in [4.69, 9.17) is 4.74 Å². The second kappa shape index (κ2) is 41.9. The first-order valence-corrected chi connectivity index (χ1v) is 20.6. The molecule has 0 aromatic carbocycles. The van der Waals surface area contributed by atoms with Crippen LogP contribution in [0.1, 0.15) is 233 Å². The second-order valence-corrected chi connectivity index (χ2v) is 13.9. The van der Waals surface area contributed by atoms with Crippen LogP contribution in [0.5, 0.6) is 0 Å². The molecule has 1 amide bonds. The van der Waals surface area contributed by atoms with Crippen molar-refractivity contribution in [3.8, 4) is 0 Å². The van der Waals surface area contributed by atoms with Gasteiger partial charge < -0.3 is 15.4 Å². The van der Waals surface area contributed by atoms with Crippen LogP contribution >= 0.6 is 0 Å². The Bertz CT molecular complexity index is 550. The summed E-state index contributed by atoms with van der Waals surface area (Å²) in [6.07, 6.45) is 40.7. The van der Waals surface area contributed by atoms with Crippen molar-refractivity contribution < 1.29 is 14.3 Å². The summed E-state index contributed by atoms with van der Waals surface area (Å²) in [5, 5.41) is 5.67. The lowest BCUT2D eigenvalue weighted by molar-refractivity contribution is -0.152. The molecule has 0 fully saturated rings. The highest BCUT2D eigenvalue weighted by atomic mass is 16.6. The van der Waals surface area contributed by atoms with Gasteiger partial charge in [-0.3, -0.25) is 9.59 Å². The van der Waals surface area contributed by atoms with E-state index in [0.29, 0.717) is 19.3 Å². The van der Waals surface area contributed by atoms with Crippen LogP contribution in [0.15, 0.2) is 0 Å². The Labute approximate surface area is 289 Å². The topological polar surface area (TPSA) is 67.4 Å². The van der Waals surface area contributed by atoms with Gasteiger partial charge in [-0.1, -0.05) is 201 Å². The van der Waals surface area contributed by atoms with Gasteiger partial charge in [0.1, 0.15) is 0 Å². The van der Waals surface area contributed by atoms with Gasteiger partial charge in [-0.15, -0.1) is 0 Å². The molecule has 2 N–H and O–H groups in total. The largest absolute Gasteiger partial charge is 0.442 e. The summed E-state index contributed by atoms with van der Waals surface area (Å²) in [6, 6.07) is 0. The monoisotopic (exact) mass is 653 g/mol. The maximum Gasteiger partial charge on any atom is 0.307 e. The van der Waals surface area contributed by atoms with Gasteiger partial charge in [0.05, 0.1) is 0 Å². The average molecular weight is 653 g/mol. The highest BCUT2D eigenvalue weighted by molar-refractivity contribution is 5.76. The van der Waals surface area contributed by atoms with Crippen molar-refractivity contribution in [2.45, 2.75) is 239 Å². The first-order valence-electron chi connectivity index (χ1n) is 20.6. The van der Waals surface area contributed by atoms with E-state index in [1.54, 1.807) is 0 Å². The first kappa shape index (κ1) is 47.0. The van der Waals surface area contributed by atoms with E-state index < -0.39 is 6.23 Å². The minimum atomic E-state index is -0.479. The van der Waals surface area contributed by atoms with Gasteiger partial charge in [0.2, 0.25) is 5.91 Å². The number of amides is 1. The standard InChI is InChI=1S/C39H77NO3.C2H7N/c1-4-7-9-11-13-15-17-19-21-23-25-27-29-31-33-35-37(41)40-38(6-3)43-39(42)36-34-32-30-28-26-24-22-20-18-16-14-12-10-8-5-2;1-3-2/h38H,4-36H2,1-3H3,(H,40,41);3H,1-2H3. The van der Waals surface area contributed by atoms with Crippen LogP contribution < -0.4 is 10.6 Å². The molecule has 276 valence electrons. The molecular formula is C41H84N2O3. The molecule has 0 heterocycles. The smallest absolute Gasteiger partial charge is 0.307 e. The zero-order chi connectivity index (χ0) is 34.2. The summed E-state index contributed by atoms with van der Waals surface area (Å²) in [5.41, 5.74) is 0. The predicted molar refractivity (Wildman–Crippen MR) is 202 cm³/mol. The second-order valence-electron chi connectivity index (χ2n) is 13.9. The number of esters is 1. The number of rotatable bonds is 35. The number of nitrogens with one attached hydrogen (secondary N) is 2. The van der Waals surface area contributed by atoms with Crippen LogP contribution in [0.2, 0.25) is 0 Å². The van der Waals surface area contributed by atoms with E-state index in [1.807, 2.05) is 21.0 Å². The van der Waals surface area contributed by atoms with Gasteiger partial charge in [0, 0.05) is 19.3 Å². The fourth-order valence-electron chi connectivity index (χ4n) is 5.98. The molecular weight excluding hydrogens is 568 g/mol. The molecule has 0 aromatic rings. The summed E-state index contributed by atoms with van der Waals surface area (Å²) < 4.78 is 5.55. The molecule has 0 aromatic heterocycles. The Hall–Kier alpha value is -1.10. The van der Waals surface area contributed by atoms with Crippen molar-refractivity contribution >= 4 is 11.9 Å². The van der Waals surface area contributed by atoms with E-state index in [9.17, 15) is 9.59 Å². The molecule has 1 unspecified atom stereocenters. The fraction of sp³-hybridized carbons (Fsp3) is 0.951. The molecule has 5 heteroatoms. The Balaban J connectivity index is 0. The Kier molecular flexibility index (Phi) is 42.9. The summed E-state index contributed by atoms with van der Waals surface area (Å²) in [6.45, 7) is 6.52. The van der Waals surface area contributed by atoms with Crippen LogP contribution in [0.3, 0.4) is 0 Å². The van der Waals surface area contributed by atoms with Crippen LogP contribution in [0.4, 0.5) is 0 Å². The van der Waals surface area contributed by atoms with Crippen LogP contribution in [0, 0.1) is 0 Å². The van der Waals surface area contributed by atoms with Crippen molar-refractivity contribution in [3.05, 3.63) is 0 Å². The van der Waals surface area contributed by atoms with E-state index in [2.05, 4.69) is 24.5 Å². The summed E-state index contributed by atoms with van der Waals surface area (Å²) in [4.78, 5) is 24.6. The Morgan fingerprint density at radius 3 is 0.978 bits per heavy atom. The van der Waals surface area contributed by atoms with Crippen LogP contribution in [-0.2, 0) is 14.3 Å². The van der Waals surface area contributed by atoms with E-state index in [0.717, 1.165) is 25.7 Å². The van der Waals surface area contributed by atoms with Crippen molar-refractivity contribution in [2.24, 2.45) is 0 Å². The Morgan fingerprint density at radius 2 is 0.696 bits per heavy atom. The summed E-state index contributed by atoms with van der Waals surface area (Å²) in [7, 11) is 3.75. The number of carbonyl (C=O) groups excluding carboxylic acids is 2. The number of hydrogen-bond acceptors (Lipinski definition) is 4. The van der Waals surface area contributed by atoms with Crippen molar-refractivity contribution in [3.63, 3.8) is 0 Å². The molecule has 0 saturated carbocycles. The lowest BCUT2D eigenvalue weighted by Crippen LogP contribution is -2.37. The molecule has 0 rings (SSSR count). The summed E-state index contributed by atoms with van der Waals surface area (Å²) >= 11 is 0. The zero-order valence-electron chi connectivity index (χ0n) is 32.1. The third kappa shape index (κ3) is 40.9. The van der Waals surface area contributed by atoms with E-state index in [1.165, 1.54) is 167 Å². The average Bonchev–Trinajstić information content (AvgIpc) is 3.04. The quantitative estimate of drug-likeness (QED) is 0.0406. The highest BCUT2D eigenvalue weighted by Gasteiger charge is 2.14. The maximum atomic E-state index is 12.3. The maximum absolute atomic E-state index is 12.3. The Morgan fingerprint density at radius 1 is 0.435 bits per heavy atom. The molecule has 0 aliphatic carbocycles. The molecule has 46 heavy (non-hydrogen) atoms. The molecule has 0 bridgehead atoms. The SMILES string of the molecule is CCCCCCCCCCCCCCCCCC(=O)NC(CC)OC(=O)CCCCCCCCCCCCCCCCC.CNC. The molecule has 1 atom stereocenters. The van der Waals surface area contributed by atoms with Gasteiger partial charge in [0.15, 0.2) is 6.23 Å². The predicted octanol–water partition coefficient (Wildman–Crippen LogP) is 12.7. The summed E-state index contributed by atoms with van der Waals surface area (Å²) in [5.74, 6) is -0.157. The lowest BCUT2D eigenvalue weighted by atomic mass is 10.0. The molecule has 0 radical (unpaired) electrons. The van der Waals surface area contributed by atoms with E-state index >= 15 is 0 Å². The van der Waals surface area contributed by atoms with Crippen molar-refractivity contribution in [1.82, 2.24) is 10.6 Å². The molecule has 0 aliphatic heterocycles. The lowest BCUT2D eigenvalue weighted by Gasteiger charge is -2.17. The molecule has 0 aliphatic rings. The number of ether oxygens (including phenoxy) is 1. The van der Waals surface area contributed by atoms with Gasteiger partial charge in [-0.05, 0) is 26.9 Å². The zero-order valence-corrected chi connectivity index (χ0v) is 32.1. The highest BCUT2D eigenvalue weighted by Crippen LogP contribution is 2.15. The molecule has 0 spiro atoms. The fourth-order valence-corrected chi connectivity index (χ4v) is 5.98. The third-order valence-electron chi connectivity index (χ3n) is 8.96. The van der Waals surface area contributed by atoms with Gasteiger partial charge in [0.25, 0.3) is 0 Å². The minimum absolute atomic E-state index is 0.0151. The number of hydrogen-bond donors (Lipinski definition) is 2. The number of carbonyl (C=O) groups is 2. The first-order chi connectivity index (χ1) is 22.5. The third-order valence-corrected chi connectivity index (χ3v) is 8.96. The molecule has 0 saturated heterocycles.